The zero-order valence-corrected chi connectivity index (χ0v) is 15.7. The lowest BCUT2D eigenvalue weighted by Gasteiger charge is -2.14. The predicted octanol–water partition coefficient (Wildman–Crippen LogP) is 4.12. The molecule has 0 aliphatic rings. The van der Waals surface area contributed by atoms with E-state index in [1.165, 1.54) is 0 Å². The molecule has 140 valence electrons. The SMILES string of the molecule is COc1ccccc1-c1noc([C@H](C)NC(=O)C[C@H](C)c2ccccc2)n1. The Morgan fingerprint density at radius 3 is 2.56 bits per heavy atom. The minimum absolute atomic E-state index is 0.0594. The second-order valence-corrected chi connectivity index (χ2v) is 6.46. The Hall–Kier alpha value is -3.15. The third-order valence-corrected chi connectivity index (χ3v) is 4.40. The number of rotatable bonds is 7. The van der Waals surface area contributed by atoms with Gasteiger partial charge in [0.05, 0.1) is 12.7 Å². The predicted molar refractivity (Wildman–Crippen MR) is 102 cm³/mol. The number of nitrogens with zero attached hydrogens (tertiary/aromatic N) is 2. The number of nitrogens with one attached hydrogen (secondary N) is 1. The number of ether oxygens (including phenoxy) is 1. The van der Waals surface area contributed by atoms with E-state index in [4.69, 9.17) is 9.26 Å². The summed E-state index contributed by atoms with van der Waals surface area (Å²) in [6, 6.07) is 17.0. The van der Waals surface area contributed by atoms with E-state index in [1.54, 1.807) is 7.11 Å². The van der Waals surface area contributed by atoms with Gasteiger partial charge in [0.2, 0.25) is 17.6 Å². The van der Waals surface area contributed by atoms with Gasteiger partial charge in [-0.15, -0.1) is 0 Å². The first-order valence-corrected chi connectivity index (χ1v) is 8.89. The van der Waals surface area contributed by atoms with Gasteiger partial charge in [-0.2, -0.15) is 4.98 Å². The Bertz CT molecular complexity index is 892. The van der Waals surface area contributed by atoms with Gasteiger partial charge in [-0.3, -0.25) is 4.79 Å². The molecule has 0 aliphatic carbocycles. The van der Waals surface area contributed by atoms with Crippen LogP contribution in [0.3, 0.4) is 0 Å². The first kappa shape index (κ1) is 18.6. The average Bonchev–Trinajstić information content (AvgIpc) is 3.18. The van der Waals surface area contributed by atoms with E-state index in [1.807, 2.05) is 68.4 Å². The minimum Gasteiger partial charge on any atom is -0.496 e. The van der Waals surface area contributed by atoms with Crippen LogP contribution < -0.4 is 10.1 Å². The molecule has 3 rings (SSSR count). The zero-order chi connectivity index (χ0) is 19.2. The van der Waals surface area contributed by atoms with Crippen molar-refractivity contribution in [3.05, 3.63) is 66.1 Å². The highest BCUT2D eigenvalue weighted by atomic mass is 16.5. The van der Waals surface area contributed by atoms with Crippen molar-refractivity contribution in [2.24, 2.45) is 0 Å². The second kappa shape index (κ2) is 8.49. The summed E-state index contributed by atoms with van der Waals surface area (Å²) in [5.74, 6) is 1.53. The highest BCUT2D eigenvalue weighted by Crippen LogP contribution is 2.28. The van der Waals surface area contributed by atoms with Gasteiger partial charge in [-0.1, -0.05) is 54.5 Å². The highest BCUT2D eigenvalue weighted by Gasteiger charge is 2.20. The summed E-state index contributed by atoms with van der Waals surface area (Å²) in [4.78, 5) is 16.8. The van der Waals surface area contributed by atoms with E-state index in [2.05, 4.69) is 15.5 Å². The largest absolute Gasteiger partial charge is 0.496 e. The fourth-order valence-electron chi connectivity index (χ4n) is 2.89. The monoisotopic (exact) mass is 365 g/mol. The smallest absolute Gasteiger partial charge is 0.249 e. The Balaban J connectivity index is 1.64. The van der Waals surface area contributed by atoms with Gasteiger partial charge in [0.1, 0.15) is 11.8 Å². The molecule has 3 aromatic rings. The molecule has 0 fully saturated rings. The molecule has 1 heterocycles. The van der Waals surface area contributed by atoms with Crippen LogP contribution in [0.5, 0.6) is 5.75 Å². The summed E-state index contributed by atoms with van der Waals surface area (Å²) in [6.07, 6.45) is 0.391. The van der Waals surface area contributed by atoms with E-state index in [-0.39, 0.29) is 17.9 Å². The van der Waals surface area contributed by atoms with Crippen LogP contribution >= 0.6 is 0 Å². The van der Waals surface area contributed by atoms with E-state index in [9.17, 15) is 4.79 Å². The summed E-state index contributed by atoms with van der Waals surface area (Å²) in [6.45, 7) is 3.86. The summed E-state index contributed by atoms with van der Waals surface area (Å²) < 4.78 is 10.7. The van der Waals surface area contributed by atoms with Crippen LogP contribution in [0.15, 0.2) is 59.1 Å². The second-order valence-electron chi connectivity index (χ2n) is 6.46. The Kier molecular flexibility index (Phi) is 5.86. The third-order valence-electron chi connectivity index (χ3n) is 4.40. The Labute approximate surface area is 158 Å². The number of benzene rings is 2. The summed E-state index contributed by atoms with van der Waals surface area (Å²) in [5, 5.41) is 6.94. The standard InChI is InChI=1S/C21H23N3O3/c1-14(16-9-5-4-6-10-16)13-19(25)22-15(2)21-23-20(24-27-21)17-11-7-8-12-18(17)26-3/h4-12,14-15H,13H2,1-3H3,(H,22,25)/t14-,15-/m0/s1. The van der Waals surface area contributed by atoms with E-state index >= 15 is 0 Å². The van der Waals surface area contributed by atoms with Crippen molar-refractivity contribution in [3.63, 3.8) is 0 Å². The van der Waals surface area contributed by atoms with Crippen LogP contribution in [0.25, 0.3) is 11.4 Å². The number of para-hydroxylation sites is 1. The molecular weight excluding hydrogens is 342 g/mol. The number of carbonyl (C=O) groups excluding carboxylic acids is 1. The van der Waals surface area contributed by atoms with Gasteiger partial charge >= 0.3 is 0 Å². The number of methoxy groups -OCH3 is 1. The average molecular weight is 365 g/mol. The highest BCUT2D eigenvalue weighted by molar-refractivity contribution is 5.77. The molecule has 1 aromatic heterocycles. The van der Waals surface area contributed by atoms with Crippen molar-refractivity contribution in [1.82, 2.24) is 15.5 Å². The van der Waals surface area contributed by atoms with Crippen LogP contribution in [-0.4, -0.2) is 23.2 Å². The van der Waals surface area contributed by atoms with Crippen LogP contribution in [-0.2, 0) is 4.79 Å². The van der Waals surface area contributed by atoms with Crippen molar-refractivity contribution >= 4 is 5.91 Å². The van der Waals surface area contributed by atoms with Crippen molar-refractivity contribution in [2.45, 2.75) is 32.2 Å². The zero-order valence-electron chi connectivity index (χ0n) is 15.7. The number of amides is 1. The van der Waals surface area contributed by atoms with Gasteiger partial charge in [-0.05, 0) is 30.5 Å². The molecule has 0 saturated heterocycles. The maximum atomic E-state index is 12.4. The van der Waals surface area contributed by atoms with E-state index in [0.717, 1.165) is 11.1 Å². The third kappa shape index (κ3) is 4.53. The van der Waals surface area contributed by atoms with Crippen LogP contribution in [0.1, 0.15) is 43.7 Å². The maximum Gasteiger partial charge on any atom is 0.249 e. The molecule has 27 heavy (non-hydrogen) atoms. The number of carbonyl (C=O) groups is 1. The lowest BCUT2D eigenvalue weighted by atomic mass is 9.97. The van der Waals surface area contributed by atoms with Crippen LogP contribution in [0.4, 0.5) is 0 Å². The maximum absolute atomic E-state index is 12.4. The lowest BCUT2D eigenvalue weighted by molar-refractivity contribution is -0.122. The molecule has 1 N–H and O–H groups in total. The van der Waals surface area contributed by atoms with Gasteiger partial charge in [-0.25, -0.2) is 0 Å². The molecule has 2 atom stereocenters. The van der Waals surface area contributed by atoms with Gasteiger partial charge in [0, 0.05) is 6.42 Å². The molecule has 1 amide bonds. The van der Waals surface area contributed by atoms with Crippen molar-refractivity contribution < 1.29 is 14.1 Å². The molecule has 0 bridgehead atoms. The molecule has 6 heteroatoms. The fraction of sp³-hybridized carbons (Fsp3) is 0.286. The van der Waals surface area contributed by atoms with Gasteiger partial charge < -0.3 is 14.6 Å². The topological polar surface area (TPSA) is 77.3 Å². The Morgan fingerprint density at radius 2 is 1.81 bits per heavy atom. The molecule has 0 unspecified atom stereocenters. The first-order valence-electron chi connectivity index (χ1n) is 8.89. The van der Waals surface area contributed by atoms with Gasteiger partial charge in [0.25, 0.3) is 0 Å². The summed E-state index contributed by atoms with van der Waals surface area (Å²) in [7, 11) is 1.59. The summed E-state index contributed by atoms with van der Waals surface area (Å²) in [5.41, 5.74) is 1.88. The van der Waals surface area contributed by atoms with Crippen LogP contribution in [0.2, 0.25) is 0 Å². The molecular formula is C21H23N3O3. The molecule has 0 saturated carbocycles. The van der Waals surface area contributed by atoms with E-state index in [0.29, 0.717) is 23.9 Å². The molecule has 6 nitrogen and oxygen atoms in total. The summed E-state index contributed by atoms with van der Waals surface area (Å²) >= 11 is 0. The molecule has 2 aromatic carbocycles. The van der Waals surface area contributed by atoms with Crippen molar-refractivity contribution in [1.29, 1.82) is 0 Å². The number of hydrogen-bond acceptors (Lipinski definition) is 5. The quantitative estimate of drug-likeness (QED) is 0.681. The molecule has 0 spiro atoms. The normalized spacial score (nSPS) is 13.0. The number of aromatic nitrogens is 2. The molecule has 0 radical (unpaired) electrons. The minimum atomic E-state index is -0.378. The van der Waals surface area contributed by atoms with Crippen LogP contribution in [0, 0.1) is 0 Å². The number of hydrogen-bond donors (Lipinski definition) is 1. The Morgan fingerprint density at radius 1 is 1.11 bits per heavy atom. The fourth-order valence-corrected chi connectivity index (χ4v) is 2.89. The molecule has 0 aliphatic heterocycles. The van der Waals surface area contributed by atoms with Gasteiger partial charge in [0.15, 0.2) is 0 Å². The van der Waals surface area contributed by atoms with Crippen molar-refractivity contribution in [2.75, 3.05) is 7.11 Å². The van der Waals surface area contributed by atoms with Crippen molar-refractivity contribution in [3.8, 4) is 17.1 Å². The first-order chi connectivity index (χ1) is 13.1. The van der Waals surface area contributed by atoms with E-state index < -0.39 is 0 Å². The lowest BCUT2D eigenvalue weighted by Crippen LogP contribution is -2.27.